The molecule has 0 aromatic heterocycles. The van der Waals surface area contributed by atoms with Gasteiger partial charge in [0.2, 0.25) is 5.91 Å². The van der Waals surface area contributed by atoms with Gasteiger partial charge >= 0.3 is 0 Å². The van der Waals surface area contributed by atoms with Gasteiger partial charge in [0.25, 0.3) is 0 Å². The first-order chi connectivity index (χ1) is 14.4. The molecule has 2 aromatic carbocycles. The molecule has 0 saturated heterocycles. The Hall–Kier alpha value is -3.04. The number of carbonyl (C=O) groups excluding carboxylic acids is 1. The van der Waals surface area contributed by atoms with E-state index in [4.69, 9.17) is 14.7 Å². The van der Waals surface area contributed by atoms with Crippen molar-refractivity contribution in [1.29, 1.82) is 5.26 Å². The lowest BCUT2D eigenvalue weighted by Gasteiger charge is -2.27. The first-order valence-electron chi connectivity index (χ1n) is 10.1. The molecule has 0 aliphatic rings. The number of methoxy groups -OCH3 is 2. The van der Waals surface area contributed by atoms with Crippen molar-refractivity contribution in [2.75, 3.05) is 38.8 Å². The fourth-order valence-corrected chi connectivity index (χ4v) is 3.46. The number of aryl methyl sites for hydroxylation is 2. The fraction of sp³-hybridized carbons (Fsp3) is 0.417. The molecule has 0 atom stereocenters. The van der Waals surface area contributed by atoms with Crippen LogP contribution in [0, 0.1) is 25.2 Å². The van der Waals surface area contributed by atoms with Crippen molar-refractivity contribution < 1.29 is 14.3 Å². The number of rotatable bonds is 10. The molecule has 0 aliphatic carbocycles. The monoisotopic (exact) mass is 409 g/mol. The lowest BCUT2D eigenvalue weighted by molar-refractivity contribution is -0.119. The molecule has 30 heavy (non-hydrogen) atoms. The molecule has 0 saturated carbocycles. The van der Waals surface area contributed by atoms with Gasteiger partial charge < -0.3 is 14.4 Å². The molecule has 160 valence electrons. The van der Waals surface area contributed by atoms with E-state index in [9.17, 15) is 4.79 Å². The quantitative estimate of drug-likeness (QED) is 0.591. The summed E-state index contributed by atoms with van der Waals surface area (Å²) in [6.45, 7) is 8.04. The average molecular weight is 410 g/mol. The van der Waals surface area contributed by atoms with Gasteiger partial charge in [-0.1, -0.05) is 19.1 Å². The Bertz CT molecular complexity index is 885. The first-order valence-corrected chi connectivity index (χ1v) is 10.1. The molecule has 0 radical (unpaired) electrons. The molecule has 2 rings (SSSR count). The summed E-state index contributed by atoms with van der Waals surface area (Å²) >= 11 is 0. The molecule has 0 fully saturated rings. The third-order valence-electron chi connectivity index (χ3n) is 4.93. The minimum Gasteiger partial charge on any atom is -0.493 e. The molecule has 0 aliphatic heterocycles. The van der Waals surface area contributed by atoms with E-state index in [1.54, 1.807) is 19.1 Å². The summed E-state index contributed by atoms with van der Waals surface area (Å²) in [7, 11) is 3.22. The molecule has 0 bridgehead atoms. The van der Waals surface area contributed by atoms with E-state index in [2.05, 4.69) is 17.0 Å². The van der Waals surface area contributed by atoms with E-state index in [0.29, 0.717) is 31.0 Å². The molecule has 2 aromatic rings. The van der Waals surface area contributed by atoms with Crippen LogP contribution in [0.5, 0.6) is 11.5 Å². The number of carbonyl (C=O) groups is 1. The number of hydrogen-bond donors (Lipinski definition) is 0. The van der Waals surface area contributed by atoms with Crippen LogP contribution in [-0.2, 0) is 11.3 Å². The highest BCUT2D eigenvalue weighted by Crippen LogP contribution is 2.28. The maximum absolute atomic E-state index is 13.2. The van der Waals surface area contributed by atoms with Gasteiger partial charge in [-0.2, -0.15) is 5.26 Å². The zero-order valence-corrected chi connectivity index (χ0v) is 18.6. The summed E-state index contributed by atoms with van der Waals surface area (Å²) in [6, 6.07) is 14.0. The van der Waals surface area contributed by atoms with E-state index in [1.165, 1.54) is 0 Å². The van der Waals surface area contributed by atoms with Gasteiger partial charge in [-0.05, 0) is 61.3 Å². The molecule has 0 unspecified atom stereocenters. The largest absolute Gasteiger partial charge is 0.493 e. The van der Waals surface area contributed by atoms with E-state index >= 15 is 0 Å². The van der Waals surface area contributed by atoms with Crippen LogP contribution < -0.4 is 14.4 Å². The average Bonchev–Trinajstić information content (AvgIpc) is 2.72. The molecule has 6 heteroatoms. The third kappa shape index (κ3) is 6.23. The summed E-state index contributed by atoms with van der Waals surface area (Å²) < 4.78 is 10.7. The van der Waals surface area contributed by atoms with Crippen molar-refractivity contribution in [2.45, 2.75) is 33.7 Å². The van der Waals surface area contributed by atoms with Crippen molar-refractivity contribution >= 4 is 11.6 Å². The van der Waals surface area contributed by atoms with Gasteiger partial charge in [0.15, 0.2) is 11.5 Å². The summed E-state index contributed by atoms with van der Waals surface area (Å²) in [4.78, 5) is 17.0. The molecule has 0 N–H and O–H groups in total. The zero-order valence-electron chi connectivity index (χ0n) is 18.6. The number of amides is 1. The number of anilines is 1. The number of hydrogen-bond acceptors (Lipinski definition) is 5. The predicted molar refractivity (Wildman–Crippen MR) is 119 cm³/mol. The predicted octanol–water partition coefficient (Wildman–Crippen LogP) is 4.09. The fourth-order valence-electron chi connectivity index (χ4n) is 3.46. The summed E-state index contributed by atoms with van der Waals surface area (Å²) in [5.41, 5.74) is 4.07. The Morgan fingerprint density at radius 2 is 1.70 bits per heavy atom. The van der Waals surface area contributed by atoms with Gasteiger partial charge in [-0.3, -0.25) is 9.69 Å². The Balaban J connectivity index is 2.18. The highest BCUT2D eigenvalue weighted by atomic mass is 16.5. The maximum Gasteiger partial charge on any atom is 0.241 e. The van der Waals surface area contributed by atoms with E-state index in [1.807, 2.05) is 51.1 Å². The van der Waals surface area contributed by atoms with Crippen molar-refractivity contribution in [3.05, 3.63) is 53.1 Å². The summed E-state index contributed by atoms with van der Waals surface area (Å²) in [5.74, 6) is 1.33. The molecule has 0 spiro atoms. The highest BCUT2D eigenvalue weighted by Gasteiger charge is 2.19. The lowest BCUT2D eigenvalue weighted by Crippen LogP contribution is -2.40. The Morgan fingerprint density at radius 3 is 2.27 bits per heavy atom. The number of benzene rings is 2. The van der Waals surface area contributed by atoms with Crippen LogP contribution in [0.1, 0.15) is 30.0 Å². The minimum absolute atomic E-state index is 0.0161. The minimum atomic E-state index is -0.0161. The smallest absolute Gasteiger partial charge is 0.241 e. The first kappa shape index (κ1) is 23.2. The Labute approximate surface area is 179 Å². The van der Waals surface area contributed by atoms with Gasteiger partial charge in [0.05, 0.1) is 33.3 Å². The van der Waals surface area contributed by atoms with E-state index in [-0.39, 0.29) is 12.5 Å². The Morgan fingerprint density at radius 1 is 1.03 bits per heavy atom. The normalized spacial score (nSPS) is 10.6. The van der Waals surface area contributed by atoms with Crippen LogP contribution in [0.4, 0.5) is 5.69 Å². The van der Waals surface area contributed by atoms with Crippen molar-refractivity contribution in [3.8, 4) is 17.6 Å². The van der Waals surface area contributed by atoms with Crippen molar-refractivity contribution in [1.82, 2.24) is 4.90 Å². The van der Waals surface area contributed by atoms with Gasteiger partial charge in [0, 0.05) is 18.8 Å². The Kier molecular flexibility index (Phi) is 8.70. The second-order valence-electron chi connectivity index (χ2n) is 7.29. The van der Waals surface area contributed by atoms with Gasteiger partial charge in [-0.25, -0.2) is 0 Å². The van der Waals surface area contributed by atoms with Crippen LogP contribution in [-0.4, -0.2) is 44.7 Å². The topological polar surface area (TPSA) is 65.8 Å². The molecule has 1 amide bonds. The summed E-state index contributed by atoms with van der Waals surface area (Å²) in [6.07, 6.45) is 0.292. The molecular formula is C24H31N3O3. The standard InChI is InChI=1S/C24H31N3O3/c1-6-26(16-20-8-9-22(29-4)23(15-20)30-5)17-24(28)27(11-7-10-25)21-13-18(2)12-19(3)14-21/h8-9,12-15H,6-7,11,16-17H2,1-5H3. The lowest BCUT2D eigenvalue weighted by atomic mass is 10.1. The molecular weight excluding hydrogens is 378 g/mol. The van der Waals surface area contributed by atoms with Crippen LogP contribution in [0.3, 0.4) is 0 Å². The number of ether oxygens (including phenoxy) is 2. The van der Waals surface area contributed by atoms with Crippen LogP contribution in [0.2, 0.25) is 0 Å². The maximum atomic E-state index is 13.2. The zero-order chi connectivity index (χ0) is 22.1. The SMILES string of the molecule is CCN(CC(=O)N(CCC#N)c1cc(C)cc(C)c1)Cc1ccc(OC)c(OC)c1. The van der Waals surface area contributed by atoms with Gasteiger partial charge in [-0.15, -0.1) is 0 Å². The van der Waals surface area contributed by atoms with Crippen LogP contribution >= 0.6 is 0 Å². The molecule has 6 nitrogen and oxygen atoms in total. The van der Waals surface area contributed by atoms with Crippen molar-refractivity contribution in [3.63, 3.8) is 0 Å². The number of likely N-dealkylation sites (N-methyl/N-ethyl adjacent to an activating group) is 1. The molecule has 0 heterocycles. The third-order valence-corrected chi connectivity index (χ3v) is 4.93. The number of nitrogens with zero attached hydrogens (tertiary/aromatic N) is 3. The van der Waals surface area contributed by atoms with E-state index in [0.717, 1.165) is 28.9 Å². The second kappa shape index (κ2) is 11.2. The summed E-state index contributed by atoms with van der Waals surface area (Å²) in [5, 5.41) is 9.05. The second-order valence-corrected chi connectivity index (χ2v) is 7.29. The van der Waals surface area contributed by atoms with Crippen LogP contribution in [0.15, 0.2) is 36.4 Å². The van der Waals surface area contributed by atoms with Gasteiger partial charge in [0.1, 0.15) is 0 Å². The number of nitriles is 1. The van der Waals surface area contributed by atoms with Crippen molar-refractivity contribution in [2.24, 2.45) is 0 Å². The van der Waals surface area contributed by atoms with Crippen LogP contribution in [0.25, 0.3) is 0 Å². The van der Waals surface area contributed by atoms with E-state index < -0.39 is 0 Å². The highest BCUT2D eigenvalue weighted by molar-refractivity contribution is 5.95.